The lowest BCUT2D eigenvalue weighted by Gasteiger charge is -2.06. The predicted octanol–water partition coefficient (Wildman–Crippen LogP) is 2.99. The van der Waals surface area contributed by atoms with E-state index < -0.39 is 0 Å². The zero-order valence-electron chi connectivity index (χ0n) is 11.8. The van der Waals surface area contributed by atoms with Crippen LogP contribution in [0.3, 0.4) is 0 Å². The van der Waals surface area contributed by atoms with Crippen molar-refractivity contribution in [1.82, 2.24) is 10.3 Å². The minimum Gasteiger partial charge on any atom is -0.399 e. The Morgan fingerprint density at radius 3 is 2.81 bits per heavy atom. The van der Waals surface area contributed by atoms with Crippen molar-refractivity contribution < 1.29 is 4.79 Å². The maximum Gasteiger partial charge on any atom is 0.267 e. The molecule has 0 saturated carbocycles. The molecule has 0 atom stereocenters. The minimum atomic E-state index is -0.118. The molecule has 4 nitrogen and oxygen atoms in total. The van der Waals surface area contributed by atoms with Crippen LogP contribution in [0.1, 0.15) is 21.6 Å². The number of aryl methyl sites for hydroxylation is 1. The molecular weight excluding hydrogens is 262 g/mol. The van der Waals surface area contributed by atoms with Crippen molar-refractivity contribution in [2.75, 3.05) is 5.73 Å². The van der Waals surface area contributed by atoms with Crippen LogP contribution in [-0.2, 0) is 6.54 Å². The number of nitrogens with two attached hydrogens (primary N) is 1. The van der Waals surface area contributed by atoms with Gasteiger partial charge in [0.25, 0.3) is 5.91 Å². The fourth-order valence-corrected chi connectivity index (χ4v) is 2.35. The van der Waals surface area contributed by atoms with Gasteiger partial charge in [-0.3, -0.25) is 4.79 Å². The number of hydrogen-bond acceptors (Lipinski definition) is 2. The van der Waals surface area contributed by atoms with E-state index in [1.54, 1.807) is 0 Å². The van der Waals surface area contributed by atoms with Crippen molar-refractivity contribution in [2.45, 2.75) is 13.5 Å². The van der Waals surface area contributed by atoms with Crippen LogP contribution < -0.4 is 11.1 Å². The molecule has 3 rings (SSSR count). The number of aromatic amines is 1. The molecule has 21 heavy (non-hydrogen) atoms. The van der Waals surface area contributed by atoms with Crippen molar-refractivity contribution in [3.63, 3.8) is 0 Å². The summed E-state index contributed by atoms with van der Waals surface area (Å²) in [5.41, 5.74) is 10.2. The van der Waals surface area contributed by atoms with Gasteiger partial charge in [-0.1, -0.05) is 24.3 Å². The van der Waals surface area contributed by atoms with E-state index >= 15 is 0 Å². The molecule has 1 heterocycles. The van der Waals surface area contributed by atoms with E-state index in [0.29, 0.717) is 17.9 Å². The van der Waals surface area contributed by atoms with Gasteiger partial charge in [-0.2, -0.15) is 0 Å². The van der Waals surface area contributed by atoms with E-state index in [9.17, 15) is 4.79 Å². The molecule has 0 bridgehead atoms. The second-order valence-electron chi connectivity index (χ2n) is 5.14. The van der Waals surface area contributed by atoms with Crippen LogP contribution in [0.4, 0.5) is 5.69 Å². The molecule has 0 aliphatic carbocycles. The fraction of sp³-hybridized carbons (Fsp3) is 0.118. The van der Waals surface area contributed by atoms with Crippen LogP contribution in [-0.4, -0.2) is 10.9 Å². The van der Waals surface area contributed by atoms with E-state index in [4.69, 9.17) is 5.73 Å². The van der Waals surface area contributed by atoms with Crippen LogP contribution in [0.5, 0.6) is 0 Å². The topological polar surface area (TPSA) is 70.9 Å². The smallest absolute Gasteiger partial charge is 0.267 e. The normalized spacial score (nSPS) is 10.7. The molecule has 0 aliphatic rings. The Kier molecular flexibility index (Phi) is 3.36. The second-order valence-corrected chi connectivity index (χ2v) is 5.14. The number of hydrogen-bond donors (Lipinski definition) is 3. The number of nitrogen functional groups attached to an aromatic ring is 1. The first-order valence-corrected chi connectivity index (χ1v) is 6.84. The summed E-state index contributed by atoms with van der Waals surface area (Å²) >= 11 is 0. The molecule has 0 fully saturated rings. The number of anilines is 1. The Bertz CT molecular complexity index is 805. The summed E-state index contributed by atoms with van der Waals surface area (Å²) in [7, 11) is 0. The van der Waals surface area contributed by atoms with Crippen molar-refractivity contribution in [2.24, 2.45) is 0 Å². The SMILES string of the molecule is Cc1ccccc1CNC(=O)c1cc2cc(N)ccc2[nH]1. The van der Waals surface area contributed by atoms with E-state index in [2.05, 4.69) is 10.3 Å². The first-order valence-electron chi connectivity index (χ1n) is 6.84. The first-order chi connectivity index (χ1) is 10.1. The largest absolute Gasteiger partial charge is 0.399 e. The third kappa shape index (κ3) is 2.74. The molecule has 106 valence electrons. The highest BCUT2D eigenvalue weighted by atomic mass is 16.1. The summed E-state index contributed by atoms with van der Waals surface area (Å²) in [6.45, 7) is 2.55. The first kappa shape index (κ1) is 13.2. The molecule has 2 aromatic carbocycles. The van der Waals surface area contributed by atoms with Crippen molar-refractivity contribution in [1.29, 1.82) is 0 Å². The monoisotopic (exact) mass is 279 g/mol. The number of rotatable bonds is 3. The number of H-pyrrole nitrogens is 1. The quantitative estimate of drug-likeness (QED) is 0.645. The number of nitrogens with one attached hydrogen (secondary N) is 2. The lowest BCUT2D eigenvalue weighted by Crippen LogP contribution is -2.23. The summed E-state index contributed by atoms with van der Waals surface area (Å²) in [4.78, 5) is 15.3. The van der Waals surface area contributed by atoms with Gasteiger partial charge in [0.05, 0.1) is 0 Å². The fourth-order valence-electron chi connectivity index (χ4n) is 2.35. The Labute approximate surface area is 123 Å². The summed E-state index contributed by atoms with van der Waals surface area (Å²) in [6, 6.07) is 15.4. The van der Waals surface area contributed by atoms with E-state index in [0.717, 1.165) is 16.5 Å². The van der Waals surface area contributed by atoms with Gasteiger partial charge >= 0.3 is 0 Å². The molecule has 0 radical (unpaired) electrons. The number of benzene rings is 2. The third-order valence-electron chi connectivity index (χ3n) is 3.59. The number of aromatic nitrogens is 1. The molecule has 1 amide bonds. The Balaban J connectivity index is 1.76. The Morgan fingerprint density at radius 2 is 2.00 bits per heavy atom. The van der Waals surface area contributed by atoms with Gasteiger partial charge in [-0.15, -0.1) is 0 Å². The third-order valence-corrected chi connectivity index (χ3v) is 3.59. The summed E-state index contributed by atoms with van der Waals surface area (Å²) in [5.74, 6) is -0.118. The van der Waals surface area contributed by atoms with Gasteiger partial charge in [0.2, 0.25) is 0 Å². The molecule has 3 aromatic rings. The lowest BCUT2D eigenvalue weighted by atomic mass is 10.1. The molecule has 4 heteroatoms. The Hall–Kier alpha value is -2.75. The van der Waals surface area contributed by atoms with Gasteiger partial charge < -0.3 is 16.0 Å². The highest BCUT2D eigenvalue weighted by Crippen LogP contribution is 2.18. The molecule has 1 aromatic heterocycles. The molecule has 0 spiro atoms. The van der Waals surface area contributed by atoms with Gasteiger partial charge in [-0.05, 0) is 42.3 Å². The molecular formula is C17H17N3O. The van der Waals surface area contributed by atoms with Crippen LogP contribution >= 0.6 is 0 Å². The number of carbonyl (C=O) groups is 1. The van der Waals surface area contributed by atoms with E-state index in [1.807, 2.05) is 55.5 Å². The minimum absolute atomic E-state index is 0.118. The van der Waals surface area contributed by atoms with E-state index in [1.165, 1.54) is 5.56 Å². The number of carbonyl (C=O) groups excluding carboxylic acids is 1. The number of fused-ring (bicyclic) bond motifs is 1. The maximum atomic E-state index is 12.2. The Morgan fingerprint density at radius 1 is 1.19 bits per heavy atom. The van der Waals surface area contributed by atoms with Gasteiger partial charge in [0.1, 0.15) is 5.69 Å². The van der Waals surface area contributed by atoms with Crippen LogP contribution in [0.15, 0.2) is 48.5 Å². The van der Waals surface area contributed by atoms with Gasteiger partial charge in [0, 0.05) is 23.1 Å². The standard InChI is InChI=1S/C17H17N3O/c1-11-4-2-3-5-12(11)10-19-17(21)16-9-13-8-14(18)6-7-15(13)20-16/h2-9,20H,10,18H2,1H3,(H,19,21). The zero-order chi connectivity index (χ0) is 14.8. The second kappa shape index (κ2) is 5.32. The average Bonchev–Trinajstić information content (AvgIpc) is 2.89. The van der Waals surface area contributed by atoms with Crippen LogP contribution in [0, 0.1) is 6.92 Å². The van der Waals surface area contributed by atoms with Crippen molar-refractivity contribution in [3.05, 3.63) is 65.4 Å². The maximum absolute atomic E-state index is 12.2. The summed E-state index contributed by atoms with van der Waals surface area (Å²) in [5, 5.41) is 3.87. The van der Waals surface area contributed by atoms with Crippen LogP contribution in [0.2, 0.25) is 0 Å². The van der Waals surface area contributed by atoms with Crippen molar-refractivity contribution in [3.8, 4) is 0 Å². The highest BCUT2D eigenvalue weighted by molar-refractivity contribution is 5.98. The number of amides is 1. The molecule has 0 saturated heterocycles. The highest BCUT2D eigenvalue weighted by Gasteiger charge is 2.09. The summed E-state index contributed by atoms with van der Waals surface area (Å²) < 4.78 is 0. The van der Waals surface area contributed by atoms with Crippen molar-refractivity contribution >= 4 is 22.5 Å². The zero-order valence-corrected chi connectivity index (χ0v) is 11.8. The molecule has 0 unspecified atom stereocenters. The lowest BCUT2D eigenvalue weighted by molar-refractivity contribution is 0.0946. The summed E-state index contributed by atoms with van der Waals surface area (Å²) in [6.07, 6.45) is 0. The van der Waals surface area contributed by atoms with Crippen LogP contribution in [0.25, 0.3) is 10.9 Å². The van der Waals surface area contributed by atoms with Gasteiger partial charge in [0.15, 0.2) is 0 Å². The predicted molar refractivity (Wildman–Crippen MR) is 85.1 cm³/mol. The molecule has 4 N–H and O–H groups in total. The average molecular weight is 279 g/mol. The molecule has 0 aliphatic heterocycles. The van der Waals surface area contributed by atoms with E-state index in [-0.39, 0.29) is 5.91 Å². The van der Waals surface area contributed by atoms with Gasteiger partial charge in [-0.25, -0.2) is 0 Å².